The Labute approximate surface area is 133 Å². The maximum Gasteiger partial charge on any atom is 0.400 e. The number of aromatic nitrogens is 1. The number of aryl methyl sites for hydroxylation is 1. The Bertz CT molecular complexity index is 567. The predicted octanol–water partition coefficient (Wildman–Crippen LogP) is 4.28. The van der Waals surface area contributed by atoms with Crippen molar-refractivity contribution in [1.29, 1.82) is 0 Å². The Morgan fingerprint density at radius 1 is 1.36 bits per heavy atom. The third kappa shape index (κ3) is 4.56. The molecule has 120 valence electrons. The summed E-state index contributed by atoms with van der Waals surface area (Å²) in [5.41, 5.74) is -0.714. The van der Waals surface area contributed by atoms with Gasteiger partial charge >= 0.3 is 11.5 Å². The van der Waals surface area contributed by atoms with Crippen molar-refractivity contribution in [2.24, 2.45) is 5.92 Å². The summed E-state index contributed by atoms with van der Waals surface area (Å²) in [5, 5.41) is 0. The lowest BCUT2D eigenvalue weighted by Crippen LogP contribution is -2.40. The summed E-state index contributed by atoms with van der Waals surface area (Å²) in [6, 6.07) is 5.43. The predicted molar refractivity (Wildman–Crippen MR) is 87.2 cm³/mol. The highest BCUT2D eigenvalue weighted by atomic mass is 16.6. The SMILES string of the molecule is [C-]#[N+]C(CCC(C)C)(C(=O)OC(C)(C)C)c1cccc(C)n1. The first-order valence-electron chi connectivity index (χ1n) is 7.67. The first kappa shape index (κ1) is 18.2. The largest absolute Gasteiger partial charge is 0.454 e. The molecular weight excluding hydrogens is 276 g/mol. The Hall–Kier alpha value is -1.89. The van der Waals surface area contributed by atoms with Crippen LogP contribution in [-0.2, 0) is 15.1 Å². The normalized spacial score (nSPS) is 14.3. The van der Waals surface area contributed by atoms with Crippen LogP contribution in [0.4, 0.5) is 0 Å². The molecule has 0 aliphatic carbocycles. The number of pyridine rings is 1. The van der Waals surface area contributed by atoms with Gasteiger partial charge in [0.05, 0.1) is 0 Å². The molecule has 0 saturated heterocycles. The van der Waals surface area contributed by atoms with Crippen molar-refractivity contribution in [1.82, 2.24) is 4.98 Å². The Morgan fingerprint density at radius 3 is 2.45 bits per heavy atom. The molecule has 0 spiro atoms. The monoisotopic (exact) mass is 302 g/mol. The van der Waals surface area contributed by atoms with E-state index in [9.17, 15) is 4.79 Å². The van der Waals surface area contributed by atoms with Gasteiger partial charge in [0.1, 0.15) is 11.3 Å². The summed E-state index contributed by atoms with van der Waals surface area (Å²) in [5.74, 6) is -0.109. The van der Waals surface area contributed by atoms with Crippen LogP contribution in [0.15, 0.2) is 18.2 Å². The van der Waals surface area contributed by atoms with E-state index in [-0.39, 0.29) is 0 Å². The topological polar surface area (TPSA) is 43.5 Å². The zero-order valence-corrected chi connectivity index (χ0v) is 14.4. The second-order valence-corrected chi connectivity index (χ2v) is 7.07. The van der Waals surface area contributed by atoms with Crippen molar-refractivity contribution >= 4 is 5.97 Å². The Kier molecular flexibility index (Phi) is 5.71. The molecule has 1 atom stereocenters. The highest BCUT2D eigenvalue weighted by Crippen LogP contribution is 2.34. The fourth-order valence-electron chi connectivity index (χ4n) is 2.13. The third-order valence-corrected chi connectivity index (χ3v) is 3.32. The van der Waals surface area contributed by atoms with Crippen molar-refractivity contribution in [3.63, 3.8) is 0 Å². The molecule has 4 nitrogen and oxygen atoms in total. The summed E-state index contributed by atoms with van der Waals surface area (Å²) in [6.45, 7) is 19.1. The minimum Gasteiger partial charge on any atom is -0.454 e. The van der Waals surface area contributed by atoms with Crippen molar-refractivity contribution in [3.8, 4) is 0 Å². The fraction of sp³-hybridized carbons (Fsp3) is 0.611. The second-order valence-electron chi connectivity index (χ2n) is 7.07. The number of carbonyl (C=O) groups is 1. The van der Waals surface area contributed by atoms with E-state index in [1.807, 2.05) is 39.8 Å². The summed E-state index contributed by atoms with van der Waals surface area (Å²) in [7, 11) is 0. The molecule has 1 rings (SSSR count). The lowest BCUT2D eigenvalue weighted by molar-refractivity contribution is -0.160. The van der Waals surface area contributed by atoms with Gasteiger partial charge in [-0.15, -0.1) is 0 Å². The second kappa shape index (κ2) is 6.91. The first-order chi connectivity index (χ1) is 10.1. The number of hydrogen-bond acceptors (Lipinski definition) is 3. The molecule has 1 aromatic rings. The van der Waals surface area contributed by atoms with Gasteiger partial charge in [0.2, 0.25) is 0 Å². The molecule has 4 heteroatoms. The minimum absolute atomic E-state index is 0.397. The van der Waals surface area contributed by atoms with E-state index in [4.69, 9.17) is 11.3 Å². The fourth-order valence-corrected chi connectivity index (χ4v) is 2.13. The van der Waals surface area contributed by atoms with Gasteiger partial charge in [0, 0.05) is 12.1 Å². The van der Waals surface area contributed by atoms with E-state index in [0.29, 0.717) is 18.0 Å². The average Bonchev–Trinajstić information content (AvgIpc) is 2.37. The summed E-state index contributed by atoms with van der Waals surface area (Å²) < 4.78 is 5.53. The molecule has 0 aliphatic heterocycles. The van der Waals surface area contributed by atoms with Crippen LogP contribution in [0.25, 0.3) is 4.85 Å². The molecular formula is C18H26N2O2. The zero-order valence-electron chi connectivity index (χ0n) is 14.4. The Balaban J connectivity index is 3.30. The molecule has 0 bridgehead atoms. The quantitative estimate of drug-likeness (QED) is 0.602. The zero-order chi connectivity index (χ0) is 17.0. The summed E-state index contributed by atoms with van der Waals surface area (Å²) >= 11 is 0. The lowest BCUT2D eigenvalue weighted by atomic mass is 9.87. The number of carbonyl (C=O) groups excluding carboxylic acids is 1. The van der Waals surface area contributed by atoms with Crippen LogP contribution in [0.2, 0.25) is 0 Å². The Morgan fingerprint density at radius 2 is 2.00 bits per heavy atom. The van der Waals surface area contributed by atoms with E-state index in [2.05, 4.69) is 23.7 Å². The maximum absolute atomic E-state index is 12.8. The number of ether oxygens (including phenoxy) is 1. The van der Waals surface area contributed by atoms with Crippen LogP contribution >= 0.6 is 0 Å². The highest BCUT2D eigenvalue weighted by molar-refractivity contribution is 5.84. The molecule has 0 aliphatic rings. The van der Waals surface area contributed by atoms with E-state index >= 15 is 0 Å². The van der Waals surface area contributed by atoms with Crippen LogP contribution in [0.5, 0.6) is 0 Å². The minimum atomic E-state index is -1.36. The standard InChI is InChI=1S/C18H26N2O2/c1-13(2)11-12-18(19-7,16(21)22-17(4,5)6)15-10-8-9-14(3)20-15/h8-10,13H,11-12H2,1-6H3. The van der Waals surface area contributed by atoms with Gasteiger partial charge in [-0.2, -0.15) is 0 Å². The van der Waals surface area contributed by atoms with Gasteiger partial charge in [-0.3, -0.25) is 4.85 Å². The molecule has 0 amide bonds. The van der Waals surface area contributed by atoms with Crippen LogP contribution in [0, 0.1) is 19.4 Å². The number of nitrogens with zero attached hydrogens (tertiary/aromatic N) is 2. The molecule has 1 heterocycles. The molecule has 0 aromatic carbocycles. The number of esters is 1. The van der Waals surface area contributed by atoms with Gasteiger partial charge < -0.3 is 4.74 Å². The number of hydrogen-bond donors (Lipinski definition) is 0. The molecule has 0 radical (unpaired) electrons. The lowest BCUT2D eigenvalue weighted by Gasteiger charge is -2.26. The molecule has 0 N–H and O–H groups in total. The van der Waals surface area contributed by atoms with E-state index in [0.717, 1.165) is 12.1 Å². The van der Waals surface area contributed by atoms with E-state index < -0.39 is 17.1 Å². The van der Waals surface area contributed by atoms with Gasteiger partial charge in [0.25, 0.3) is 0 Å². The molecule has 1 unspecified atom stereocenters. The third-order valence-electron chi connectivity index (χ3n) is 3.32. The molecule has 0 saturated carbocycles. The van der Waals surface area contributed by atoms with Gasteiger partial charge in [-0.05, 0) is 52.2 Å². The first-order valence-corrected chi connectivity index (χ1v) is 7.67. The van der Waals surface area contributed by atoms with Crippen molar-refractivity contribution in [2.75, 3.05) is 0 Å². The van der Waals surface area contributed by atoms with Crippen molar-refractivity contribution < 1.29 is 9.53 Å². The summed E-state index contributed by atoms with van der Waals surface area (Å²) in [6.07, 6.45) is 1.18. The van der Waals surface area contributed by atoms with E-state index in [1.54, 1.807) is 6.07 Å². The summed E-state index contributed by atoms with van der Waals surface area (Å²) in [4.78, 5) is 20.9. The van der Waals surface area contributed by atoms with Crippen LogP contribution in [-0.4, -0.2) is 16.6 Å². The molecule has 0 fully saturated rings. The van der Waals surface area contributed by atoms with Crippen LogP contribution in [0.1, 0.15) is 58.8 Å². The van der Waals surface area contributed by atoms with E-state index in [1.165, 1.54) is 0 Å². The number of rotatable bonds is 5. The van der Waals surface area contributed by atoms with Gasteiger partial charge in [-0.1, -0.05) is 19.9 Å². The highest BCUT2D eigenvalue weighted by Gasteiger charge is 2.51. The molecule has 22 heavy (non-hydrogen) atoms. The van der Waals surface area contributed by atoms with Crippen LogP contribution in [0.3, 0.4) is 0 Å². The van der Waals surface area contributed by atoms with Gasteiger partial charge in [-0.25, -0.2) is 16.4 Å². The smallest absolute Gasteiger partial charge is 0.400 e. The van der Waals surface area contributed by atoms with Gasteiger partial charge in [0.15, 0.2) is 0 Å². The van der Waals surface area contributed by atoms with Crippen molar-refractivity contribution in [2.45, 2.75) is 65.5 Å². The maximum atomic E-state index is 12.8. The van der Waals surface area contributed by atoms with Crippen LogP contribution < -0.4 is 0 Å². The molecule has 1 aromatic heterocycles. The van der Waals surface area contributed by atoms with Crippen molar-refractivity contribution in [3.05, 3.63) is 41.0 Å². The average molecular weight is 302 g/mol.